The third kappa shape index (κ3) is 3.47. The highest BCUT2D eigenvalue weighted by atomic mass is 16.5. The Morgan fingerprint density at radius 2 is 2.37 bits per heavy atom. The van der Waals surface area contributed by atoms with E-state index in [4.69, 9.17) is 4.74 Å². The molecule has 104 valence electrons. The molecule has 0 bridgehead atoms. The number of benzene rings is 1. The fraction of sp³-hybridized carbons (Fsp3) is 0.533. The number of rotatable bonds is 6. The Bertz CT molecular complexity index is 445. The van der Waals surface area contributed by atoms with Crippen molar-refractivity contribution in [3.63, 3.8) is 0 Å². The molecule has 1 atom stereocenters. The summed E-state index contributed by atoms with van der Waals surface area (Å²) in [6.45, 7) is 2.82. The van der Waals surface area contributed by atoms with Crippen LogP contribution in [0.5, 0.6) is 5.75 Å². The van der Waals surface area contributed by atoms with Gasteiger partial charge in [-0.25, -0.2) is 0 Å². The number of unbranched alkanes of at least 4 members (excludes halogenated alkanes) is 1. The lowest BCUT2D eigenvalue weighted by Gasteiger charge is -2.11. The van der Waals surface area contributed by atoms with E-state index in [1.807, 2.05) is 18.2 Å². The van der Waals surface area contributed by atoms with Crippen molar-refractivity contribution in [3.8, 4) is 5.75 Å². The summed E-state index contributed by atoms with van der Waals surface area (Å²) in [5.41, 5.74) is 1.97. The number of aliphatic hydroxyl groups excluding tert-OH is 1. The molecule has 1 aromatic carbocycles. The van der Waals surface area contributed by atoms with Crippen LogP contribution in [-0.2, 0) is 11.2 Å². The van der Waals surface area contributed by atoms with Gasteiger partial charge in [0.1, 0.15) is 5.75 Å². The number of aliphatic hydroxyl groups is 1. The first kappa shape index (κ1) is 13.9. The van der Waals surface area contributed by atoms with Crippen LogP contribution in [0, 0.1) is 0 Å². The number of fused-ring (bicyclic) bond motifs is 1. The normalized spacial score (nSPS) is 17.1. The molecule has 1 aliphatic carbocycles. The van der Waals surface area contributed by atoms with Gasteiger partial charge in [-0.05, 0) is 30.9 Å². The van der Waals surface area contributed by atoms with Crippen LogP contribution < -0.4 is 10.1 Å². The van der Waals surface area contributed by atoms with Gasteiger partial charge in [-0.1, -0.05) is 25.5 Å². The van der Waals surface area contributed by atoms with Crippen molar-refractivity contribution in [2.75, 3.05) is 13.2 Å². The summed E-state index contributed by atoms with van der Waals surface area (Å²) in [5, 5.41) is 12.6. The van der Waals surface area contributed by atoms with E-state index in [0.717, 1.165) is 42.6 Å². The highest BCUT2D eigenvalue weighted by molar-refractivity contribution is 5.77. The molecular formula is C15H21NO3. The van der Waals surface area contributed by atoms with Gasteiger partial charge in [0.2, 0.25) is 0 Å². The predicted octanol–water partition coefficient (Wildman–Crippen LogP) is 1.96. The second kappa shape index (κ2) is 6.57. The lowest BCUT2D eigenvalue weighted by Crippen LogP contribution is -2.29. The van der Waals surface area contributed by atoms with Gasteiger partial charge in [0.25, 0.3) is 5.91 Å². The third-order valence-electron chi connectivity index (χ3n) is 3.41. The largest absolute Gasteiger partial charge is 0.483 e. The highest BCUT2D eigenvalue weighted by Gasteiger charge is 2.23. The summed E-state index contributed by atoms with van der Waals surface area (Å²) in [5.74, 6) is 0.629. The van der Waals surface area contributed by atoms with Crippen LogP contribution in [0.3, 0.4) is 0 Å². The molecule has 2 N–H and O–H groups in total. The van der Waals surface area contributed by atoms with Gasteiger partial charge in [0.15, 0.2) is 6.61 Å². The summed E-state index contributed by atoms with van der Waals surface area (Å²) in [4.78, 5) is 11.6. The van der Waals surface area contributed by atoms with Crippen molar-refractivity contribution in [2.24, 2.45) is 0 Å². The molecule has 19 heavy (non-hydrogen) atoms. The molecule has 0 saturated carbocycles. The van der Waals surface area contributed by atoms with Gasteiger partial charge in [-0.2, -0.15) is 0 Å². The molecule has 0 radical (unpaired) electrons. The third-order valence-corrected chi connectivity index (χ3v) is 3.41. The van der Waals surface area contributed by atoms with Gasteiger partial charge >= 0.3 is 0 Å². The fourth-order valence-electron chi connectivity index (χ4n) is 2.33. The van der Waals surface area contributed by atoms with Crippen molar-refractivity contribution in [2.45, 2.75) is 38.7 Å². The summed E-state index contributed by atoms with van der Waals surface area (Å²) < 4.78 is 5.57. The number of hydrogen-bond acceptors (Lipinski definition) is 3. The Labute approximate surface area is 113 Å². The quantitative estimate of drug-likeness (QED) is 0.771. The first-order valence-electron chi connectivity index (χ1n) is 6.91. The smallest absolute Gasteiger partial charge is 0.257 e. The molecule has 1 aromatic rings. The summed E-state index contributed by atoms with van der Waals surface area (Å²) in [7, 11) is 0. The maximum Gasteiger partial charge on any atom is 0.257 e. The van der Waals surface area contributed by atoms with E-state index >= 15 is 0 Å². The summed E-state index contributed by atoms with van der Waals surface area (Å²) in [6.07, 6.45) is 3.20. The Balaban J connectivity index is 1.89. The van der Waals surface area contributed by atoms with E-state index in [1.54, 1.807) is 0 Å². The minimum absolute atomic E-state index is 0.0380. The van der Waals surface area contributed by atoms with Crippen molar-refractivity contribution in [3.05, 3.63) is 29.3 Å². The fourth-order valence-corrected chi connectivity index (χ4v) is 2.33. The van der Waals surface area contributed by atoms with E-state index < -0.39 is 6.10 Å². The first-order valence-corrected chi connectivity index (χ1v) is 6.91. The van der Waals surface area contributed by atoms with Gasteiger partial charge in [0, 0.05) is 12.1 Å². The minimum Gasteiger partial charge on any atom is -0.483 e. The second-order valence-electron chi connectivity index (χ2n) is 4.87. The van der Waals surface area contributed by atoms with Crippen LogP contribution in [0.2, 0.25) is 0 Å². The zero-order valence-corrected chi connectivity index (χ0v) is 11.3. The number of hydrogen-bond donors (Lipinski definition) is 2. The van der Waals surface area contributed by atoms with E-state index in [0.29, 0.717) is 6.54 Å². The standard InChI is InChI=1S/C15H21NO3/c1-2-3-9-16-15(18)10-19-14-6-4-5-11-12(14)7-8-13(11)17/h4-6,13,17H,2-3,7-10H2,1H3,(H,16,18). The highest BCUT2D eigenvalue weighted by Crippen LogP contribution is 2.36. The summed E-state index contributed by atoms with van der Waals surface area (Å²) in [6, 6.07) is 5.63. The van der Waals surface area contributed by atoms with Crippen molar-refractivity contribution in [1.82, 2.24) is 5.32 Å². The molecule has 0 fully saturated rings. The predicted molar refractivity (Wildman–Crippen MR) is 73.1 cm³/mol. The maximum absolute atomic E-state index is 11.6. The van der Waals surface area contributed by atoms with Crippen LogP contribution in [0.1, 0.15) is 43.4 Å². The molecule has 4 nitrogen and oxygen atoms in total. The Morgan fingerprint density at radius 3 is 3.16 bits per heavy atom. The number of ether oxygens (including phenoxy) is 1. The number of nitrogens with one attached hydrogen (secondary N) is 1. The molecule has 4 heteroatoms. The average Bonchev–Trinajstić information content (AvgIpc) is 2.79. The first-order chi connectivity index (χ1) is 9.22. The average molecular weight is 263 g/mol. The number of amides is 1. The zero-order chi connectivity index (χ0) is 13.7. The zero-order valence-electron chi connectivity index (χ0n) is 11.3. The van der Waals surface area contributed by atoms with Crippen molar-refractivity contribution >= 4 is 5.91 Å². The topological polar surface area (TPSA) is 58.6 Å². The van der Waals surface area contributed by atoms with Crippen LogP contribution in [-0.4, -0.2) is 24.2 Å². The maximum atomic E-state index is 11.6. The lowest BCUT2D eigenvalue weighted by molar-refractivity contribution is -0.123. The van der Waals surface area contributed by atoms with E-state index in [1.165, 1.54) is 0 Å². The Kier molecular flexibility index (Phi) is 4.80. The molecule has 0 aliphatic heterocycles. The van der Waals surface area contributed by atoms with Crippen LogP contribution in [0.4, 0.5) is 0 Å². The molecule has 1 amide bonds. The molecule has 0 spiro atoms. The molecule has 1 unspecified atom stereocenters. The number of carbonyl (C=O) groups excluding carboxylic acids is 1. The van der Waals surface area contributed by atoms with Crippen LogP contribution >= 0.6 is 0 Å². The molecule has 1 aliphatic rings. The monoisotopic (exact) mass is 263 g/mol. The second-order valence-corrected chi connectivity index (χ2v) is 4.87. The SMILES string of the molecule is CCCCNC(=O)COc1cccc2c1CCC2O. The van der Waals surface area contributed by atoms with Gasteiger partial charge in [-0.3, -0.25) is 4.79 Å². The van der Waals surface area contributed by atoms with E-state index in [-0.39, 0.29) is 12.5 Å². The molecule has 2 rings (SSSR count). The minimum atomic E-state index is -0.392. The van der Waals surface area contributed by atoms with Crippen LogP contribution in [0.15, 0.2) is 18.2 Å². The molecular weight excluding hydrogens is 242 g/mol. The van der Waals surface area contributed by atoms with Gasteiger partial charge in [0.05, 0.1) is 6.10 Å². The lowest BCUT2D eigenvalue weighted by atomic mass is 10.1. The summed E-state index contributed by atoms with van der Waals surface area (Å²) >= 11 is 0. The van der Waals surface area contributed by atoms with Crippen molar-refractivity contribution in [1.29, 1.82) is 0 Å². The van der Waals surface area contributed by atoms with Gasteiger partial charge in [-0.15, -0.1) is 0 Å². The van der Waals surface area contributed by atoms with Gasteiger partial charge < -0.3 is 15.2 Å². The van der Waals surface area contributed by atoms with E-state index in [9.17, 15) is 9.90 Å². The van der Waals surface area contributed by atoms with Crippen LogP contribution in [0.25, 0.3) is 0 Å². The van der Waals surface area contributed by atoms with E-state index in [2.05, 4.69) is 12.2 Å². The molecule has 0 heterocycles. The molecule has 0 aromatic heterocycles. The Morgan fingerprint density at radius 1 is 1.53 bits per heavy atom. The molecule has 0 saturated heterocycles. The van der Waals surface area contributed by atoms with Crippen molar-refractivity contribution < 1.29 is 14.6 Å². The Hall–Kier alpha value is -1.55. The number of carbonyl (C=O) groups is 1.